The molecule has 5 heteroatoms. The van der Waals surface area contributed by atoms with Gasteiger partial charge in [0.05, 0.1) is 29.5 Å². The van der Waals surface area contributed by atoms with Crippen LogP contribution < -0.4 is 0 Å². The quantitative estimate of drug-likeness (QED) is 0.873. The number of imidazole rings is 1. The summed E-state index contributed by atoms with van der Waals surface area (Å²) in [5.41, 5.74) is 3.28. The minimum Gasteiger partial charge on any atom is -0.478 e. The summed E-state index contributed by atoms with van der Waals surface area (Å²) in [4.78, 5) is 19.3. The molecule has 92 valence electrons. The molecular weight excluding hydrogens is 230 g/mol. The van der Waals surface area contributed by atoms with Gasteiger partial charge in [0.1, 0.15) is 0 Å². The first-order valence-electron chi connectivity index (χ1n) is 5.99. The average molecular weight is 243 g/mol. The molecule has 3 rings (SSSR count). The number of aromatic nitrogens is 3. The van der Waals surface area contributed by atoms with E-state index in [1.807, 2.05) is 4.57 Å². The van der Waals surface area contributed by atoms with Gasteiger partial charge in [0.15, 0.2) is 0 Å². The van der Waals surface area contributed by atoms with Gasteiger partial charge in [-0.05, 0) is 31.7 Å². The lowest BCUT2D eigenvalue weighted by Gasteiger charge is -2.13. The van der Waals surface area contributed by atoms with Crippen molar-refractivity contribution in [1.29, 1.82) is 0 Å². The topological polar surface area (TPSA) is 68.0 Å². The van der Waals surface area contributed by atoms with Crippen LogP contribution in [0.15, 0.2) is 24.8 Å². The van der Waals surface area contributed by atoms with E-state index in [-0.39, 0.29) is 5.56 Å². The number of hydrogen-bond donors (Lipinski definition) is 1. The molecule has 1 aliphatic rings. The number of hydrogen-bond acceptors (Lipinski definition) is 3. The van der Waals surface area contributed by atoms with Crippen molar-refractivity contribution in [2.45, 2.75) is 25.7 Å². The molecule has 0 spiro atoms. The number of fused-ring (bicyclic) bond motifs is 1. The number of carboxylic acids is 1. The first-order valence-corrected chi connectivity index (χ1v) is 5.99. The van der Waals surface area contributed by atoms with Crippen LogP contribution in [0, 0.1) is 0 Å². The molecule has 0 aromatic carbocycles. The highest BCUT2D eigenvalue weighted by atomic mass is 16.4. The highest BCUT2D eigenvalue weighted by Crippen LogP contribution is 2.23. The van der Waals surface area contributed by atoms with E-state index in [4.69, 9.17) is 5.11 Å². The van der Waals surface area contributed by atoms with Gasteiger partial charge in [0.2, 0.25) is 0 Å². The van der Waals surface area contributed by atoms with Gasteiger partial charge in [-0.15, -0.1) is 0 Å². The predicted octanol–water partition coefficient (Wildman–Crippen LogP) is 1.84. The summed E-state index contributed by atoms with van der Waals surface area (Å²) in [7, 11) is 0. The number of pyridine rings is 1. The lowest BCUT2D eigenvalue weighted by atomic mass is 10.0. The molecule has 0 fully saturated rings. The SMILES string of the molecule is O=C(O)c1cncc(-n2cnc3c2CCCC3)c1. The van der Waals surface area contributed by atoms with Gasteiger partial charge in [0, 0.05) is 11.9 Å². The van der Waals surface area contributed by atoms with Crippen molar-refractivity contribution in [2.24, 2.45) is 0 Å². The second-order valence-electron chi connectivity index (χ2n) is 4.45. The first-order chi connectivity index (χ1) is 8.75. The van der Waals surface area contributed by atoms with Crippen LogP contribution in [0.4, 0.5) is 0 Å². The fourth-order valence-electron chi connectivity index (χ4n) is 2.37. The fourth-order valence-corrected chi connectivity index (χ4v) is 2.37. The van der Waals surface area contributed by atoms with Crippen LogP contribution in [-0.4, -0.2) is 25.6 Å². The number of aromatic carboxylic acids is 1. The van der Waals surface area contributed by atoms with Crippen LogP contribution in [0.5, 0.6) is 0 Å². The lowest BCUT2D eigenvalue weighted by Crippen LogP contribution is -2.08. The Bertz CT molecular complexity index is 604. The molecule has 18 heavy (non-hydrogen) atoms. The van der Waals surface area contributed by atoms with Crippen molar-refractivity contribution in [3.05, 3.63) is 41.7 Å². The van der Waals surface area contributed by atoms with Crippen molar-refractivity contribution >= 4 is 5.97 Å². The van der Waals surface area contributed by atoms with Crippen LogP contribution in [0.3, 0.4) is 0 Å². The Morgan fingerprint density at radius 1 is 1.28 bits per heavy atom. The van der Waals surface area contributed by atoms with E-state index in [0.29, 0.717) is 0 Å². The third-order valence-electron chi connectivity index (χ3n) is 3.28. The van der Waals surface area contributed by atoms with Crippen molar-refractivity contribution in [1.82, 2.24) is 14.5 Å². The summed E-state index contributed by atoms with van der Waals surface area (Å²) in [6.45, 7) is 0. The van der Waals surface area contributed by atoms with Crippen molar-refractivity contribution in [3.8, 4) is 5.69 Å². The van der Waals surface area contributed by atoms with Gasteiger partial charge in [-0.2, -0.15) is 0 Å². The second-order valence-corrected chi connectivity index (χ2v) is 4.45. The summed E-state index contributed by atoms with van der Waals surface area (Å²) in [6, 6.07) is 1.63. The molecule has 2 aromatic rings. The lowest BCUT2D eigenvalue weighted by molar-refractivity contribution is 0.0696. The minimum atomic E-state index is -0.960. The molecule has 0 bridgehead atoms. The minimum absolute atomic E-state index is 0.200. The Kier molecular flexibility index (Phi) is 2.59. The molecule has 0 saturated heterocycles. The summed E-state index contributed by atoms with van der Waals surface area (Å²) in [5.74, 6) is -0.960. The van der Waals surface area contributed by atoms with E-state index in [0.717, 1.165) is 30.6 Å². The first kappa shape index (κ1) is 11.0. The van der Waals surface area contributed by atoms with Crippen LogP contribution in [0.1, 0.15) is 34.6 Å². The molecule has 0 aliphatic heterocycles. The molecule has 0 saturated carbocycles. The highest BCUT2D eigenvalue weighted by Gasteiger charge is 2.16. The zero-order valence-electron chi connectivity index (χ0n) is 9.83. The van der Waals surface area contributed by atoms with Gasteiger partial charge < -0.3 is 9.67 Å². The maximum absolute atomic E-state index is 10.9. The Hall–Kier alpha value is -2.17. The monoisotopic (exact) mass is 243 g/mol. The van der Waals surface area contributed by atoms with Gasteiger partial charge in [-0.1, -0.05) is 0 Å². The smallest absolute Gasteiger partial charge is 0.337 e. The van der Waals surface area contributed by atoms with Crippen LogP contribution >= 0.6 is 0 Å². The molecule has 5 nitrogen and oxygen atoms in total. The zero-order valence-corrected chi connectivity index (χ0v) is 9.83. The van der Waals surface area contributed by atoms with E-state index in [9.17, 15) is 4.79 Å². The molecule has 2 aromatic heterocycles. The summed E-state index contributed by atoms with van der Waals surface area (Å²) < 4.78 is 1.95. The standard InChI is InChI=1S/C13H13N3O2/c17-13(18)9-5-10(7-14-6-9)16-8-15-11-3-1-2-4-12(11)16/h5-8H,1-4H2,(H,17,18). The number of carbonyl (C=O) groups is 1. The van der Waals surface area contributed by atoms with Gasteiger partial charge in [0.25, 0.3) is 0 Å². The van der Waals surface area contributed by atoms with Crippen LogP contribution in [-0.2, 0) is 12.8 Å². The molecule has 1 N–H and O–H groups in total. The van der Waals surface area contributed by atoms with E-state index < -0.39 is 5.97 Å². The van der Waals surface area contributed by atoms with Crippen molar-refractivity contribution < 1.29 is 9.90 Å². The van der Waals surface area contributed by atoms with Crippen LogP contribution in [0.2, 0.25) is 0 Å². The summed E-state index contributed by atoms with van der Waals surface area (Å²) in [6.07, 6.45) is 9.13. The van der Waals surface area contributed by atoms with Gasteiger partial charge in [-0.25, -0.2) is 9.78 Å². The van der Waals surface area contributed by atoms with Crippen LogP contribution in [0.25, 0.3) is 5.69 Å². The molecular formula is C13H13N3O2. The van der Waals surface area contributed by atoms with E-state index in [1.165, 1.54) is 18.3 Å². The fraction of sp³-hybridized carbons (Fsp3) is 0.308. The normalized spacial score (nSPS) is 14.2. The Labute approximate surface area is 104 Å². The average Bonchev–Trinajstić information content (AvgIpc) is 2.82. The number of aryl methyl sites for hydroxylation is 1. The maximum Gasteiger partial charge on any atom is 0.337 e. The Balaban J connectivity index is 2.07. The van der Waals surface area contributed by atoms with E-state index in [2.05, 4.69) is 9.97 Å². The van der Waals surface area contributed by atoms with E-state index >= 15 is 0 Å². The number of carboxylic acid groups (broad SMARTS) is 1. The predicted molar refractivity (Wildman–Crippen MR) is 65.0 cm³/mol. The number of nitrogens with zero attached hydrogens (tertiary/aromatic N) is 3. The summed E-state index contributed by atoms with van der Waals surface area (Å²) in [5, 5.41) is 8.98. The molecule has 0 atom stereocenters. The largest absolute Gasteiger partial charge is 0.478 e. The van der Waals surface area contributed by atoms with E-state index in [1.54, 1.807) is 18.6 Å². The molecule has 2 heterocycles. The number of rotatable bonds is 2. The Morgan fingerprint density at radius 2 is 2.11 bits per heavy atom. The van der Waals surface area contributed by atoms with Crippen molar-refractivity contribution in [2.75, 3.05) is 0 Å². The maximum atomic E-state index is 10.9. The molecule has 0 unspecified atom stereocenters. The molecule has 1 aliphatic carbocycles. The third-order valence-corrected chi connectivity index (χ3v) is 3.28. The van der Waals surface area contributed by atoms with Gasteiger partial charge in [-0.3, -0.25) is 4.98 Å². The third kappa shape index (κ3) is 1.77. The second kappa shape index (κ2) is 4.25. The van der Waals surface area contributed by atoms with Gasteiger partial charge >= 0.3 is 5.97 Å². The van der Waals surface area contributed by atoms with Crippen molar-refractivity contribution in [3.63, 3.8) is 0 Å². The Morgan fingerprint density at radius 3 is 2.94 bits per heavy atom. The highest BCUT2D eigenvalue weighted by molar-refractivity contribution is 5.87. The molecule has 0 radical (unpaired) electrons. The molecule has 0 amide bonds. The zero-order chi connectivity index (χ0) is 12.5. The summed E-state index contributed by atoms with van der Waals surface area (Å²) >= 11 is 0.